The minimum Gasteiger partial charge on any atom is -0.452 e. The van der Waals surface area contributed by atoms with Crippen LogP contribution in [-0.2, 0) is 22.5 Å². The Balaban J connectivity index is 1.44. The fourth-order valence-corrected chi connectivity index (χ4v) is 3.01. The molecule has 152 valence electrons. The Morgan fingerprint density at radius 3 is 2.59 bits per heavy atom. The highest BCUT2D eigenvalue weighted by atomic mass is 16.5. The van der Waals surface area contributed by atoms with Gasteiger partial charge in [0.05, 0.1) is 11.1 Å². The predicted molar refractivity (Wildman–Crippen MR) is 111 cm³/mol. The van der Waals surface area contributed by atoms with Crippen molar-refractivity contribution in [1.29, 1.82) is 0 Å². The van der Waals surface area contributed by atoms with E-state index in [1.165, 1.54) is 5.56 Å². The molecule has 0 aliphatic heterocycles. The van der Waals surface area contributed by atoms with E-state index in [9.17, 15) is 9.59 Å². The zero-order valence-corrected chi connectivity index (χ0v) is 17.0. The number of nitrogens with one attached hydrogen (secondary N) is 1. The molecule has 3 aromatic rings. The summed E-state index contributed by atoms with van der Waals surface area (Å²) >= 11 is 0. The van der Waals surface area contributed by atoms with E-state index in [-0.39, 0.29) is 12.5 Å². The van der Waals surface area contributed by atoms with E-state index in [2.05, 4.69) is 53.7 Å². The summed E-state index contributed by atoms with van der Waals surface area (Å²) < 4.78 is 6.86. The molecule has 7 nitrogen and oxygen atoms in total. The van der Waals surface area contributed by atoms with Gasteiger partial charge >= 0.3 is 5.97 Å². The third kappa shape index (κ3) is 5.19. The molecule has 0 unspecified atom stereocenters. The average molecular weight is 394 g/mol. The van der Waals surface area contributed by atoms with Crippen LogP contribution in [-0.4, -0.2) is 40.0 Å². The third-order valence-corrected chi connectivity index (χ3v) is 4.77. The fourth-order valence-electron chi connectivity index (χ4n) is 3.01. The van der Waals surface area contributed by atoms with Gasteiger partial charge < -0.3 is 10.1 Å². The number of fused-ring (bicyclic) bond motifs is 1. The van der Waals surface area contributed by atoms with Gasteiger partial charge in [-0.25, -0.2) is 9.48 Å². The van der Waals surface area contributed by atoms with Crippen LogP contribution in [0.1, 0.15) is 48.2 Å². The molecule has 2 aromatic carbocycles. The monoisotopic (exact) mass is 394 g/mol. The first kappa shape index (κ1) is 20.5. The number of hydrogen-bond acceptors (Lipinski definition) is 5. The van der Waals surface area contributed by atoms with Gasteiger partial charge in [-0.3, -0.25) is 4.79 Å². The summed E-state index contributed by atoms with van der Waals surface area (Å²) in [6, 6.07) is 13.4. The van der Waals surface area contributed by atoms with E-state index in [1.54, 1.807) is 22.9 Å². The van der Waals surface area contributed by atoms with Crippen molar-refractivity contribution in [3.8, 4) is 0 Å². The molecule has 3 rings (SSSR count). The molecule has 0 aliphatic carbocycles. The zero-order chi connectivity index (χ0) is 20.8. The molecule has 0 spiro atoms. The number of benzene rings is 2. The minimum atomic E-state index is -0.558. The Kier molecular flexibility index (Phi) is 6.59. The molecule has 0 bridgehead atoms. The van der Waals surface area contributed by atoms with E-state index in [1.807, 2.05) is 6.92 Å². The van der Waals surface area contributed by atoms with Gasteiger partial charge in [-0.1, -0.05) is 43.3 Å². The number of hydrogen-bond donors (Lipinski definition) is 1. The Morgan fingerprint density at radius 2 is 1.90 bits per heavy atom. The Labute approximate surface area is 170 Å². The number of aromatic nitrogens is 3. The second kappa shape index (κ2) is 9.32. The lowest BCUT2D eigenvalue weighted by Crippen LogP contribution is -2.30. The number of amides is 1. The first-order valence-corrected chi connectivity index (χ1v) is 9.84. The van der Waals surface area contributed by atoms with Crippen LogP contribution < -0.4 is 5.32 Å². The molecule has 0 atom stereocenters. The topological polar surface area (TPSA) is 86.1 Å². The van der Waals surface area contributed by atoms with Crippen LogP contribution >= 0.6 is 0 Å². The third-order valence-electron chi connectivity index (χ3n) is 4.77. The lowest BCUT2D eigenvalue weighted by atomic mass is 10.0. The zero-order valence-electron chi connectivity index (χ0n) is 17.0. The Morgan fingerprint density at radius 1 is 1.14 bits per heavy atom. The van der Waals surface area contributed by atoms with Crippen molar-refractivity contribution < 1.29 is 14.3 Å². The van der Waals surface area contributed by atoms with Gasteiger partial charge in [-0.15, -0.1) is 5.10 Å². The van der Waals surface area contributed by atoms with E-state index in [0.717, 1.165) is 17.5 Å². The molecule has 0 saturated carbocycles. The number of esters is 1. The quantitative estimate of drug-likeness (QED) is 0.594. The number of carbonyl (C=O) groups excluding carboxylic acids is 2. The number of nitrogens with zero attached hydrogens (tertiary/aromatic N) is 3. The molecular formula is C22H26N4O3. The second-order valence-electron chi connectivity index (χ2n) is 7.18. The number of aryl methyl sites for hydroxylation is 1. The van der Waals surface area contributed by atoms with Gasteiger partial charge in [-0.05, 0) is 48.6 Å². The molecule has 0 saturated heterocycles. The van der Waals surface area contributed by atoms with Gasteiger partial charge in [0, 0.05) is 13.1 Å². The van der Waals surface area contributed by atoms with Crippen LogP contribution in [0.15, 0.2) is 42.5 Å². The second-order valence-corrected chi connectivity index (χ2v) is 7.18. The van der Waals surface area contributed by atoms with Crippen molar-refractivity contribution in [2.24, 2.45) is 0 Å². The van der Waals surface area contributed by atoms with Crippen molar-refractivity contribution in [1.82, 2.24) is 20.3 Å². The summed E-state index contributed by atoms with van der Waals surface area (Å²) in [4.78, 5) is 24.1. The molecular weight excluding hydrogens is 368 g/mol. The molecule has 1 heterocycles. The van der Waals surface area contributed by atoms with Crippen LogP contribution in [0, 0.1) is 0 Å². The normalized spacial score (nSPS) is 11.0. The Hall–Kier alpha value is -3.22. The van der Waals surface area contributed by atoms with Crippen molar-refractivity contribution in [2.75, 3.05) is 13.2 Å². The summed E-state index contributed by atoms with van der Waals surface area (Å²) in [5.41, 5.74) is 4.26. The molecule has 29 heavy (non-hydrogen) atoms. The molecule has 7 heteroatoms. The van der Waals surface area contributed by atoms with Gasteiger partial charge in [0.1, 0.15) is 5.52 Å². The molecule has 0 fully saturated rings. The maximum Gasteiger partial charge on any atom is 0.338 e. The predicted octanol–water partition coefficient (Wildman–Crippen LogP) is 3.09. The van der Waals surface area contributed by atoms with Crippen LogP contribution in [0.5, 0.6) is 0 Å². The average Bonchev–Trinajstić information content (AvgIpc) is 3.14. The standard InChI is InChI=1S/C22H26N4O3/c1-4-26-20-10-9-18(13-19(20)24-25-26)22(28)29-14-21(27)23-12-11-16-5-7-17(8-6-16)15(2)3/h5-10,13,15H,4,11-12,14H2,1-3H3,(H,23,27). The van der Waals surface area contributed by atoms with E-state index in [4.69, 9.17) is 4.74 Å². The van der Waals surface area contributed by atoms with E-state index in [0.29, 0.717) is 30.1 Å². The van der Waals surface area contributed by atoms with Crippen molar-refractivity contribution in [2.45, 2.75) is 39.7 Å². The van der Waals surface area contributed by atoms with E-state index >= 15 is 0 Å². The van der Waals surface area contributed by atoms with Crippen LogP contribution in [0.2, 0.25) is 0 Å². The van der Waals surface area contributed by atoms with Gasteiger partial charge in [0.2, 0.25) is 0 Å². The number of ether oxygens (including phenoxy) is 1. The SMILES string of the molecule is CCn1nnc2cc(C(=O)OCC(=O)NCCc3ccc(C(C)C)cc3)ccc21. The van der Waals surface area contributed by atoms with Crippen molar-refractivity contribution in [3.05, 3.63) is 59.2 Å². The van der Waals surface area contributed by atoms with Crippen LogP contribution in [0.4, 0.5) is 0 Å². The Bertz CT molecular complexity index is 993. The fraction of sp³-hybridized carbons (Fsp3) is 0.364. The number of rotatable bonds is 8. The number of carbonyl (C=O) groups is 2. The lowest BCUT2D eigenvalue weighted by Gasteiger charge is -2.08. The highest BCUT2D eigenvalue weighted by molar-refractivity contribution is 5.94. The van der Waals surface area contributed by atoms with Gasteiger partial charge in [0.15, 0.2) is 6.61 Å². The lowest BCUT2D eigenvalue weighted by molar-refractivity contribution is -0.124. The summed E-state index contributed by atoms with van der Waals surface area (Å²) in [7, 11) is 0. The van der Waals surface area contributed by atoms with Crippen molar-refractivity contribution in [3.63, 3.8) is 0 Å². The highest BCUT2D eigenvalue weighted by Crippen LogP contribution is 2.15. The molecule has 0 radical (unpaired) electrons. The molecule has 1 amide bonds. The van der Waals surface area contributed by atoms with Gasteiger partial charge in [-0.2, -0.15) is 0 Å². The summed E-state index contributed by atoms with van der Waals surface area (Å²) in [5, 5.41) is 10.8. The van der Waals surface area contributed by atoms with Crippen LogP contribution in [0.3, 0.4) is 0 Å². The smallest absolute Gasteiger partial charge is 0.338 e. The van der Waals surface area contributed by atoms with E-state index < -0.39 is 5.97 Å². The van der Waals surface area contributed by atoms with Gasteiger partial charge in [0.25, 0.3) is 5.91 Å². The minimum absolute atomic E-state index is 0.315. The molecule has 1 aromatic heterocycles. The summed E-state index contributed by atoms with van der Waals surface area (Å²) in [6.07, 6.45) is 0.724. The molecule has 1 N–H and O–H groups in total. The first-order valence-electron chi connectivity index (χ1n) is 9.84. The molecule has 0 aliphatic rings. The summed E-state index contributed by atoms with van der Waals surface area (Å²) in [6.45, 7) is 7.15. The summed E-state index contributed by atoms with van der Waals surface area (Å²) in [5.74, 6) is -0.384. The highest BCUT2D eigenvalue weighted by Gasteiger charge is 2.13. The maximum absolute atomic E-state index is 12.2. The largest absolute Gasteiger partial charge is 0.452 e. The first-order chi connectivity index (χ1) is 14.0. The van der Waals surface area contributed by atoms with Crippen molar-refractivity contribution >= 4 is 22.9 Å². The van der Waals surface area contributed by atoms with Crippen LogP contribution in [0.25, 0.3) is 11.0 Å². The maximum atomic E-state index is 12.2.